The second-order valence-electron chi connectivity index (χ2n) is 10.9. The second-order valence-corrected chi connectivity index (χ2v) is 13.0. The standard InChI is InChI=1S/C28H39NO4S/c1-19(12-16-34(32,33)24-10-14-29-15-11-24)25-8-9-26-21(5-4-13-28(25,26)3)6-7-22-17-23(30)18-27(31)20(22)2/h6-7,10-11,14-15,19,23,25-27,30-31H,2,4-5,8-9,12-13,16-18H2,1,3H3/t19-,23+,25?,26+,27-,28-/m1/s1. The van der Waals surface area contributed by atoms with E-state index in [9.17, 15) is 18.6 Å². The van der Waals surface area contributed by atoms with Gasteiger partial charge >= 0.3 is 0 Å². The second kappa shape index (κ2) is 10.1. The first kappa shape index (κ1) is 25.3. The summed E-state index contributed by atoms with van der Waals surface area (Å²) in [5, 5.41) is 20.2. The molecule has 0 bridgehead atoms. The van der Waals surface area contributed by atoms with Gasteiger partial charge in [-0.15, -0.1) is 0 Å². The van der Waals surface area contributed by atoms with Crippen molar-refractivity contribution in [3.8, 4) is 0 Å². The van der Waals surface area contributed by atoms with Crippen LogP contribution in [0.15, 0.2) is 64.9 Å². The van der Waals surface area contributed by atoms with Crippen LogP contribution in [0, 0.1) is 23.2 Å². The Hall–Kier alpha value is -1.76. The predicted molar refractivity (Wildman–Crippen MR) is 135 cm³/mol. The molecule has 0 saturated heterocycles. The summed E-state index contributed by atoms with van der Waals surface area (Å²) >= 11 is 0. The summed E-state index contributed by atoms with van der Waals surface area (Å²) in [5.41, 5.74) is 3.33. The van der Waals surface area contributed by atoms with Crippen LogP contribution in [-0.4, -0.2) is 41.6 Å². The van der Waals surface area contributed by atoms with Gasteiger partial charge in [-0.1, -0.05) is 38.2 Å². The number of hydrogen-bond donors (Lipinski definition) is 2. The lowest BCUT2D eigenvalue weighted by Crippen LogP contribution is -2.36. The summed E-state index contributed by atoms with van der Waals surface area (Å²) in [6.07, 6.45) is 13.5. The molecule has 3 saturated carbocycles. The lowest BCUT2D eigenvalue weighted by Gasteiger charge is -2.44. The Morgan fingerprint density at radius 3 is 2.71 bits per heavy atom. The zero-order valence-corrected chi connectivity index (χ0v) is 21.3. The Morgan fingerprint density at radius 1 is 1.24 bits per heavy atom. The highest BCUT2D eigenvalue weighted by Crippen LogP contribution is 2.59. The minimum Gasteiger partial charge on any atom is -0.393 e. The molecule has 1 unspecified atom stereocenters. The highest BCUT2D eigenvalue weighted by Gasteiger charge is 2.50. The molecule has 186 valence electrons. The third-order valence-electron chi connectivity index (χ3n) is 8.84. The molecule has 3 aliphatic carbocycles. The van der Waals surface area contributed by atoms with E-state index in [4.69, 9.17) is 0 Å². The third-order valence-corrected chi connectivity index (χ3v) is 10.6. The minimum absolute atomic E-state index is 0.178. The first-order valence-electron chi connectivity index (χ1n) is 12.7. The van der Waals surface area contributed by atoms with E-state index >= 15 is 0 Å². The molecular formula is C28H39NO4S. The summed E-state index contributed by atoms with van der Waals surface area (Å²) in [7, 11) is -3.29. The van der Waals surface area contributed by atoms with Gasteiger partial charge in [-0.05, 0) is 91.4 Å². The Morgan fingerprint density at radius 2 is 1.97 bits per heavy atom. The van der Waals surface area contributed by atoms with Crippen molar-refractivity contribution in [3.63, 3.8) is 0 Å². The van der Waals surface area contributed by atoms with Crippen LogP contribution in [0.1, 0.15) is 65.2 Å². The molecule has 3 fully saturated rings. The number of allylic oxidation sites excluding steroid dienone is 3. The van der Waals surface area contributed by atoms with Crippen LogP contribution in [0.5, 0.6) is 0 Å². The number of pyridine rings is 1. The number of sulfone groups is 1. The maximum absolute atomic E-state index is 12.8. The van der Waals surface area contributed by atoms with Gasteiger partial charge in [-0.25, -0.2) is 8.42 Å². The van der Waals surface area contributed by atoms with E-state index in [1.807, 2.05) is 0 Å². The van der Waals surface area contributed by atoms with Crippen LogP contribution in [-0.2, 0) is 9.84 Å². The number of nitrogens with zero attached hydrogens (tertiary/aromatic N) is 1. The fourth-order valence-corrected chi connectivity index (χ4v) is 8.34. The molecule has 1 aromatic heterocycles. The van der Waals surface area contributed by atoms with E-state index in [1.165, 1.54) is 24.4 Å². The van der Waals surface area contributed by atoms with Crippen molar-refractivity contribution in [1.82, 2.24) is 4.98 Å². The quantitative estimate of drug-likeness (QED) is 0.591. The Balaban J connectivity index is 1.46. The number of hydrogen-bond acceptors (Lipinski definition) is 5. The van der Waals surface area contributed by atoms with E-state index < -0.39 is 22.0 Å². The molecule has 6 heteroatoms. The first-order valence-corrected chi connectivity index (χ1v) is 14.3. The van der Waals surface area contributed by atoms with Gasteiger partial charge in [0.25, 0.3) is 0 Å². The van der Waals surface area contributed by atoms with E-state index in [1.54, 1.807) is 12.1 Å². The van der Waals surface area contributed by atoms with Gasteiger partial charge in [0.1, 0.15) is 0 Å². The molecule has 0 aromatic carbocycles. The van der Waals surface area contributed by atoms with Gasteiger partial charge in [0, 0.05) is 18.8 Å². The molecule has 0 amide bonds. The summed E-state index contributed by atoms with van der Waals surface area (Å²) in [6, 6.07) is 3.16. The molecular weight excluding hydrogens is 446 g/mol. The van der Waals surface area contributed by atoms with Crippen LogP contribution >= 0.6 is 0 Å². The monoisotopic (exact) mass is 485 g/mol. The molecule has 3 aliphatic rings. The molecule has 4 rings (SSSR count). The van der Waals surface area contributed by atoms with Crippen molar-refractivity contribution in [2.45, 2.75) is 82.3 Å². The van der Waals surface area contributed by atoms with Crippen LogP contribution in [0.3, 0.4) is 0 Å². The van der Waals surface area contributed by atoms with Crippen LogP contribution in [0.2, 0.25) is 0 Å². The number of aliphatic hydroxyl groups excluding tert-OH is 2. The van der Waals surface area contributed by atoms with E-state index in [2.05, 4.69) is 37.6 Å². The lowest BCUT2D eigenvalue weighted by molar-refractivity contribution is 0.0861. The molecule has 6 atom stereocenters. The highest BCUT2D eigenvalue weighted by atomic mass is 32.2. The Kier molecular flexibility index (Phi) is 7.51. The highest BCUT2D eigenvalue weighted by molar-refractivity contribution is 7.91. The van der Waals surface area contributed by atoms with Crippen molar-refractivity contribution in [2.75, 3.05) is 5.75 Å². The fraction of sp³-hybridized carbons (Fsp3) is 0.607. The average molecular weight is 486 g/mol. The molecule has 0 spiro atoms. The first-order chi connectivity index (χ1) is 16.1. The smallest absolute Gasteiger partial charge is 0.178 e. The number of aliphatic hydroxyl groups is 2. The molecule has 34 heavy (non-hydrogen) atoms. The number of aromatic nitrogens is 1. The third kappa shape index (κ3) is 5.09. The Bertz CT molecular complexity index is 1060. The molecule has 0 aliphatic heterocycles. The van der Waals surface area contributed by atoms with Crippen LogP contribution in [0.25, 0.3) is 0 Å². The van der Waals surface area contributed by atoms with Crippen molar-refractivity contribution < 1.29 is 18.6 Å². The SMILES string of the molecule is C=C1C(=CC=C2CCC[C@]3(C)C([C@H](C)CCS(=O)(=O)c4ccncc4)CC[C@@H]23)C[C@H](O)C[C@H]1O. The topological polar surface area (TPSA) is 87.5 Å². The van der Waals surface area contributed by atoms with Crippen molar-refractivity contribution in [2.24, 2.45) is 23.2 Å². The van der Waals surface area contributed by atoms with E-state index in [0.717, 1.165) is 36.8 Å². The Labute approximate surface area is 204 Å². The van der Waals surface area contributed by atoms with E-state index in [0.29, 0.717) is 41.9 Å². The number of rotatable bonds is 6. The largest absolute Gasteiger partial charge is 0.393 e. The average Bonchev–Trinajstić information content (AvgIpc) is 3.17. The molecule has 1 heterocycles. The van der Waals surface area contributed by atoms with Crippen LogP contribution in [0.4, 0.5) is 0 Å². The summed E-state index contributed by atoms with van der Waals surface area (Å²) in [4.78, 5) is 4.29. The van der Waals surface area contributed by atoms with Crippen molar-refractivity contribution in [1.29, 1.82) is 0 Å². The fourth-order valence-electron chi connectivity index (χ4n) is 6.88. The molecule has 0 radical (unpaired) electrons. The molecule has 2 N–H and O–H groups in total. The van der Waals surface area contributed by atoms with Gasteiger partial charge in [-0.2, -0.15) is 0 Å². The lowest BCUT2D eigenvalue weighted by atomic mass is 9.61. The van der Waals surface area contributed by atoms with Crippen molar-refractivity contribution >= 4 is 9.84 Å². The zero-order chi connectivity index (χ0) is 24.5. The van der Waals surface area contributed by atoms with Crippen LogP contribution < -0.4 is 0 Å². The molecule has 5 nitrogen and oxygen atoms in total. The maximum Gasteiger partial charge on any atom is 0.178 e. The normalized spacial score (nSPS) is 35.5. The summed E-state index contributed by atoms with van der Waals surface area (Å²) < 4.78 is 25.6. The summed E-state index contributed by atoms with van der Waals surface area (Å²) in [5.74, 6) is 1.54. The van der Waals surface area contributed by atoms with Gasteiger partial charge in [0.2, 0.25) is 0 Å². The van der Waals surface area contributed by atoms with Gasteiger partial charge in [0.05, 0.1) is 22.9 Å². The number of fused-ring (bicyclic) bond motifs is 1. The van der Waals surface area contributed by atoms with Gasteiger partial charge < -0.3 is 10.2 Å². The minimum atomic E-state index is -3.29. The maximum atomic E-state index is 12.8. The zero-order valence-electron chi connectivity index (χ0n) is 20.5. The van der Waals surface area contributed by atoms with Gasteiger partial charge in [-0.3, -0.25) is 4.98 Å². The van der Waals surface area contributed by atoms with Crippen molar-refractivity contribution in [3.05, 3.63) is 60.0 Å². The summed E-state index contributed by atoms with van der Waals surface area (Å²) in [6.45, 7) is 8.69. The molecule has 1 aromatic rings. The predicted octanol–water partition coefficient (Wildman–Crippen LogP) is 5.02. The van der Waals surface area contributed by atoms with Gasteiger partial charge in [0.15, 0.2) is 9.84 Å². The van der Waals surface area contributed by atoms with E-state index in [-0.39, 0.29) is 11.2 Å².